The maximum absolute atomic E-state index is 11.3. The van der Waals surface area contributed by atoms with E-state index in [4.69, 9.17) is 4.74 Å². The molecule has 0 aliphatic heterocycles. The standard InChI is InChI=1S/C14H21NO3/c1-14(13(16)17,15-10-11-18-2)9-8-12-6-4-3-5-7-12/h3-7,15H,8-11H2,1-2H3,(H,16,17). The van der Waals surface area contributed by atoms with E-state index in [1.54, 1.807) is 14.0 Å². The van der Waals surface area contributed by atoms with Crippen LogP contribution < -0.4 is 5.32 Å². The summed E-state index contributed by atoms with van der Waals surface area (Å²) in [5.74, 6) is -0.825. The van der Waals surface area contributed by atoms with E-state index in [0.717, 1.165) is 12.0 Å². The summed E-state index contributed by atoms with van der Waals surface area (Å²) in [7, 11) is 1.60. The number of aliphatic carboxylic acids is 1. The number of rotatable bonds is 8. The molecule has 0 spiro atoms. The molecule has 0 heterocycles. The molecular formula is C14H21NO3. The third-order valence-electron chi connectivity index (χ3n) is 3.05. The smallest absolute Gasteiger partial charge is 0.323 e. The Morgan fingerprint density at radius 3 is 2.61 bits per heavy atom. The fourth-order valence-electron chi connectivity index (χ4n) is 1.74. The van der Waals surface area contributed by atoms with Crippen molar-refractivity contribution in [1.82, 2.24) is 5.32 Å². The molecular weight excluding hydrogens is 230 g/mol. The van der Waals surface area contributed by atoms with Gasteiger partial charge in [-0.15, -0.1) is 0 Å². The lowest BCUT2D eigenvalue weighted by Gasteiger charge is -2.26. The van der Waals surface area contributed by atoms with E-state index in [1.807, 2.05) is 30.3 Å². The minimum absolute atomic E-state index is 0.508. The minimum Gasteiger partial charge on any atom is -0.480 e. The van der Waals surface area contributed by atoms with Crippen molar-refractivity contribution in [3.05, 3.63) is 35.9 Å². The quantitative estimate of drug-likeness (QED) is 0.690. The van der Waals surface area contributed by atoms with Crippen molar-refractivity contribution in [2.24, 2.45) is 0 Å². The number of methoxy groups -OCH3 is 1. The van der Waals surface area contributed by atoms with Crippen LogP contribution in [0.15, 0.2) is 30.3 Å². The van der Waals surface area contributed by atoms with Gasteiger partial charge in [-0.25, -0.2) is 0 Å². The summed E-state index contributed by atoms with van der Waals surface area (Å²) in [5, 5.41) is 12.3. The van der Waals surface area contributed by atoms with Crippen molar-refractivity contribution in [2.75, 3.05) is 20.3 Å². The second-order valence-electron chi connectivity index (χ2n) is 4.54. The lowest BCUT2D eigenvalue weighted by atomic mass is 9.93. The fourth-order valence-corrected chi connectivity index (χ4v) is 1.74. The minimum atomic E-state index is -0.908. The van der Waals surface area contributed by atoms with Gasteiger partial charge in [-0.1, -0.05) is 30.3 Å². The Labute approximate surface area is 108 Å². The van der Waals surface area contributed by atoms with Crippen molar-refractivity contribution in [3.8, 4) is 0 Å². The zero-order chi connectivity index (χ0) is 13.4. The van der Waals surface area contributed by atoms with Crippen LogP contribution in [-0.2, 0) is 16.0 Å². The molecule has 18 heavy (non-hydrogen) atoms. The zero-order valence-electron chi connectivity index (χ0n) is 11.0. The fraction of sp³-hybridized carbons (Fsp3) is 0.500. The monoisotopic (exact) mass is 251 g/mol. The number of nitrogens with one attached hydrogen (secondary N) is 1. The SMILES string of the molecule is COCCNC(C)(CCc1ccccc1)C(=O)O. The summed E-state index contributed by atoms with van der Waals surface area (Å²) < 4.78 is 4.92. The number of hydrogen-bond acceptors (Lipinski definition) is 3. The normalized spacial score (nSPS) is 14.1. The Morgan fingerprint density at radius 2 is 2.06 bits per heavy atom. The van der Waals surface area contributed by atoms with E-state index in [9.17, 15) is 9.90 Å². The second kappa shape index (κ2) is 7.13. The van der Waals surface area contributed by atoms with Crippen LogP contribution in [0, 0.1) is 0 Å². The van der Waals surface area contributed by atoms with Crippen molar-refractivity contribution in [3.63, 3.8) is 0 Å². The van der Waals surface area contributed by atoms with Gasteiger partial charge in [0, 0.05) is 13.7 Å². The van der Waals surface area contributed by atoms with Gasteiger partial charge in [0.2, 0.25) is 0 Å². The van der Waals surface area contributed by atoms with Crippen LogP contribution in [0.1, 0.15) is 18.9 Å². The molecule has 0 aliphatic rings. The number of ether oxygens (including phenoxy) is 1. The van der Waals surface area contributed by atoms with Gasteiger partial charge in [-0.2, -0.15) is 0 Å². The van der Waals surface area contributed by atoms with Crippen LogP contribution in [0.25, 0.3) is 0 Å². The van der Waals surface area contributed by atoms with Gasteiger partial charge in [0.05, 0.1) is 6.61 Å². The number of carboxylic acids is 1. The summed E-state index contributed by atoms with van der Waals surface area (Å²) >= 11 is 0. The van der Waals surface area contributed by atoms with E-state index in [0.29, 0.717) is 19.6 Å². The van der Waals surface area contributed by atoms with Crippen molar-refractivity contribution in [1.29, 1.82) is 0 Å². The van der Waals surface area contributed by atoms with Gasteiger partial charge >= 0.3 is 5.97 Å². The van der Waals surface area contributed by atoms with Crippen LogP contribution in [0.2, 0.25) is 0 Å². The molecule has 0 aromatic heterocycles. The first-order valence-corrected chi connectivity index (χ1v) is 6.10. The maximum Gasteiger partial charge on any atom is 0.323 e. The molecule has 0 fully saturated rings. The molecule has 1 unspecified atom stereocenters. The Morgan fingerprint density at radius 1 is 1.39 bits per heavy atom. The molecule has 0 bridgehead atoms. The number of carboxylic acid groups (broad SMARTS) is 1. The first-order valence-electron chi connectivity index (χ1n) is 6.10. The summed E-state index contributed by atoms with van der Waals surface area (Å²) in [6.07, 6.45) is 1.29. The van der Waals surface area contributed by atoms with E-state index in [1.165, 1.54) is 0 Å². The van der Waals surface area contributed by atoms with Crippen LogP contribution >= 0.6 is 0 Å². The highest BCUT2D eigenvalue weighted by atomic mass is 16.5. The van der Waals surface area contributed by atoms with Crippen LogP contribution in [0.3, 0.4) is 0 Å². The van der Waals surface area contributed by atoms with Crippen LogP contribution in [0.5, 0.6) is 0 Å². The van der Waals surface area contributed by atoms with Crippen molar-refractivity contribution >= 4 is 5.97 Å². The Balaban J connectivity index is 2.54. The molecule has 0 aliphatic carbocycles. The highest BCUT2D eigenvalue weighted by Crippen LogP contribution is 2.14. The average molecular weight is 251 g/mol. The van der Waals surface area contributed by atoms with E-state index in [-0.39, 0.29) is 0 Å². The van der Waals surface area contributed by atoms with E-state index >= 15 is 0 Å². The van der Waals surface area contributed by atoms with E-state index < -0.39 is 11.5 Å². The molecule has 100 valence electrons. The van der Waals surface area contributed by atoms with Gasteiger partial charge in [0.15, 0.2) is 0 Å². The predicted octanol–water partition coefficient (Wildman–Crippen LogP) is 1.70. The summed E-state index contributed by atoms with van der Waals surface area (Å²) in [5.41, 5.74) is 0.243. The molecule has 4 heteroatoms. The predicted molar refractivity (Wildman–Crippen MR) is 70.7 cm³/mol. The second-order valence-corrected chi connectivity index (χ2v) is 4.54. The van der Waals surface area contributed by atoms with Gasteiger partial charge in [0.25, 0.3) is 0 Å². The van der Waals surface area contributed by atoms with Crippen LogP contribution in [-0.4, -0.2) is 36.9 Å². The molecule has 2 N–H and O–H groups in total. The molecule has 1 aromatic rings. The lowest BCUT2D eigenvalue weighted by Crippen LogP contribution is -2.50. The molecule has 1 aromatic carbocycles. The van der Waals surface area contributed by atoms with Crippen molar-refractivity contribution < 1.29 is 14.6 Å². The van der Waals surface area contributed by atoms with Crippen LogP contribution in [0.4, 0.5) is 0 Å². The third kappa shape index (κ3) is 4.47. The molecule has 0 amide bonds. The number of hydrogen-bond donors (Lipinski definition) is 2. The molecule has 0 radical (unpaired) electrons. The average Bonchev–Trinajstić information content (AvgIpc) is 2.38. The van der Waals surface area contributed by atoms with Gasteiger partial charge < -0.3 is 9.84 Å². The molecule has 0 saturated carbocycles. The highest BCUT2D eigenvalue weighted by molar-refractivity contribution is 5.78. The number of benzene rings is 1. The summed E-state index contributed by atoms with van der Waals surface area (Å²) in [4.78, 5) is 11.3. The summed E-state index contributed by atoms with van der Waals surface area (Å²) in [6.45, 7) is 2.76. The van der Waals surface area contributed by atoms with Crippen molar-refractivity contribution in [2.45, 2.75) is 25.3 Å². The van der Waals surface area contributed by atoms with Gasteiger partial charge in [-0.05, 0) is 25.3 Å². The molecule has 1 atom stereocenters. The molecule has 0 saturated heterocycles. The largest absolute Gasteiger partial charge is 0.480 e. The Bertz CT molecular complexity index is 367. The highest BCUT2D eigenvalue weighted by Gasteiger charge is 2.31. The van der Waals surface area contributed by atoms with Gasteiger partial charge in [0.1, 0.15) is 5.54 Å². The molecule has 1 rings (SSSR count). The first kappa shape index (κ1) is 14.7. The Kier molecular flexibility index (Phi) is 5.82. The zero-order valence-corrected chi connectivity index (χ0v) is 11.0. The Hall–Kier alpha value is -1.39. The number of carbonyl (C=O) groups is 1. The van der Waals surface area contributed by atoms with E-state index in [2.05, 4.69) is 5.32 Å². The first-order chi connectivity index (χ1) is 8.58. The lowest BCUT2D eigenvalue weighted by molar-refractivity contribution is -0.144. The van der Waals surface area contributed by atoms with Gasteiger partial charge in [-0.3, -0.25) is 10.1 Å². The topological polar surface area (TPSA) is 58.6 Å². The maximum atomic E-state index is 11.3. The number of aryl methyl sites for hydroxylation is 1. The molecule has 4 nitrogen and oxygen atoms in total. The summed E-state index contributed by atoms with van der Waals surface area (Å²) in [6, 6.07) is 9.91. The third-order valence-corrected chi connectivity index (χ3v) is 3.05.